The van der Waals surface area contributed by atoms with Crippen LogP contribution in [0.15, 0.2) is 18.2 Å². The van der Waals surface area contributed by atoms with E-state index in [0.717, 1.165) is 32.5 Å². The van der Waals surface area contributed by atoms with E-state index < -0.39 is 0 Å². The summed E-state index contributed by atoms with van der Waals surface area (Å²) in [5, 5.41) is 0. The summed E-state index contributed by atoms with van der Waals surface area (Å²) >= 11 is 0. The highest BCUT2D eigenvalue weighted by molar-refractivity contribution is 5.29. The van der Waals surface area contributed by atoms with Gasteiger partial charge in [0.05, 0.1) is 19.8 Å². The van der Waals surface area contributed by atoms with E-state index in [1.807, 2.05) is 12.1 Å². The van der Waals surface area contributed by atoms with Gasteiger partial charge < -0.3 is 14.2 Å². The first-order valence-electron chi connectivity index (χ1n) is 10.4. The highest BCUT2D eigenvalue weighted by Crippen LogP contribution is 2.22. The molecule has 1 aliphatic rings. The lowest BCUT2D eigenvalue weighted by molar-refractivity contribution is -0.203. The molecule has 4 heteroatoms. The summed E-state index contributed by atoms with van der Waals surface area (Å²) in [6.07, 6.45) is 9.34. The second kappa shape index (κ2) is 12.3. The minimum absolute atomic E-state index is 0.203. The Labute approximate surface area is 158 Å². The van der Waals surface area contributed by atoms with Crippen molar-refractivity contribution in [3.8, 4) is 5.75 Å². The van der Waals surface area contributed by atoms with Crippen molar-refractivity contribution in [2.24, 2.45) is 5.92 Å². The van der Waals surface area contributed by atoms with Crippen LogP contribution in [-0.2, 0) is 15.9 Å². The summed E-state index contributed by atoms with van der Waals surface area (Å²) in [5.41, 5.74) is 0.697. The van der Waals surface area contributed by atoms with Crippen LogP contribution >= 0.6 is 0 Å². The quantitative estimate of drug-likeness (QED) is 0.431. The zero-order valence-electron chi connectivity index (χ0n) is 16.5. The number of ether oxygens (including phenoxy) is 3. The summed E-state index contributed by atoms with van der Waals surface area (Å²) in [5.74, 6) is 0.923. The van der Waals surface area contributed by atoms with Crippen LogP contribution < -0.4 is 4.74 Å². The molecule has 1 heterocycles. The molecule has 0 amide bonds. The molecule has 0 atom stereocenters. The Morgan fingerprint density at radius 1 is 1.00 bits per heavy atom. The first-order chi connectivity index (χ1) is 12.7. The molecule has 1 fully saturated rings. The third-order valence-electron chi connectivity index (χ3n) is 4.94. The van der Waals surface area contributed by atoms with Gasteiger partial charge in [-0.3, -0.25) is 0 Å². The molecule has 1 saturated heterocycles. The van der Waals surface area contributed by atoms with E-state index >= 15 is 0 Å². The largest absolute Gasteiger partial charge is 0.493 e. The monoisotopic (exact) mass is 366 g/mol. The minimum Gasteiger partial charge on any atom is -0.493 e. The van der Waals surface area contributed by atoms with Gasteiger partial charge in [0.15, 0.2) is 6.29 Å². The van der Waals surface area contributed by atoms with Gasteiger partial charge in [-0.1, -0.05) is 52.0 Å². The fourth-order valence-corrected chi connectivity index (χ4v) is 3.24. The second-order valence-corrected chi connectivity index (χ2v) is 7.31. The topological polar surface area (TPSA) is 27.7 Å². The molecule has 0 radical (unpaired) electrons. The molecule has 0 aromatic heterocycles. The maximum absolute atomic E-state index is 14.3. The van der Waals surface area contributed by atoms with Crippen LogP contribution in [0, 0.1) is 11.7 Å². The molecule has 0 spiro atoms. The molecule has 1 aliphatic heterocycles. The van der Waals surface area contributed by atoms with Gasteiger partial charge >= 0.3 is 0 Å². The van der Waals surface area contributed by atoms with E-state index in [0.29, 0.717) is 36.7 Å². The van der Waals surface area contributed by atoms with Crippen LogP contribution in [0.3, 0.4) is 0 Å². The molecular weight excluding hydrogens is 331 g/mol. The number of hydrogen-bond donors (Lipinski definition) is 0. The second-order valence-electron chi connectivity index (χ2n) is 7.31. The third-order valence-corrected chi connectivity index (χ3v) is 4.94. The van der Waals surface area contributed by atoms with E-state index in [-0.39, 0.29) is 12.1 Å². The SMILES string of the molecule is CCCCCOc1ccc(CCC2OCC(CCCCC)CO2)c(F)c1. The Bertz CT molecular complexity index is 498. The normalized spacial score (nSPS) is 20.3. The van der Waals surface area contributed by atoms with E-state index in [9.17, 15) is 4.39 Å². The molecule has 148 valence electrons. The lowest BCUT2D eigenvalue weighted by Gasteiger charge is -2.29. The average molecular weight is 367 g/mol. The molecular formula is C22H35FO3. The molecule has 2 rings (SSSR count). The van der Waals surface area contributed by atoms with Crippen molar-refractivity contribution in [3.63, 3.8) is 0 Å². The van der Waals surface area contributed by atoms with Gasteiger partial charge in [0.1, 0.15) is 11.6 Å². The molecule has 0 N–H and O–H groups in total. The van der Waals surface area contributed by atoms with Crippen LogP contribution in [0.2, 0.25) is 0 Å². The number of unbranched alkanes of at least 4 members (excludes halogenated alkanes) is 4. The van der Waals surface area contributed by atoms with Crippen molar-refractivity contribution < 1.29 is 18.6 Å². The van der Waals surface area contributed by atoms with Gasteiger partial charge in [0, 0.05) is 18.4 Å². The molecule has 0 bridgehead atoms. The Morgan fingerprint density at radius 2 is 1.73 bits per heavy atom. The van der Waals surface area contributed by atoms with Gasteiger partial charge in [-0.05, 0) is 30.9 Å². The fraction of sp³-hybridized carbons (Fsp3) is 0.727. The van der Waals surface area contributed by atoms with Crippen LogP contribution in [0.4, 0.5) is 4.39 Å². The lowest BCUT2D eigenvalue weighted by atomic mass is 10.0. The Morgan fingerprint density at radius 3 is 2.42 bits per heavy atom. The predicted octanol–water partition coefficient (Wildman–Crippen LogP) is 5.90. The van der Waals surface area contributed by atoms with E-state index in [4.69, 9.17) is 14.2 Å². The maximum atomic E-state index is 14.3. The summed E-state index contributed by atoms with van der Waals surface area (Å²) < 4.78 is 31.5. The van der Waals surface area contributed by atoms with Crippen LogP contribution in [0.1, 0.15) is 70.8 Å². The standard InChI is InChI=1S/C22H35FO3/c1-3-5-7-9-18-16-25-22(26-17-18)13-11-19-10-12-20(15-21(19)23)24-14-8-6-4-2/h10,12,15,18,22H,3-9,11,13-14,16-17H2,1-2H3. The third kappa shape index (κ3) is 7.63. The van der Waals surface area contributed by atoms with Gasteiger partial charge in [-0.25, -0.2) is 4.39 Å². The highest BCUT2D eigenvalue weighted by atomic mass is 19.1. The van der Waals surface area contributed by atoms with Crippen molar-refractivity contribution in [2.45, 2.75) is 77.9 Å². The maximum Gasteiger partial charge on any atom is 0.157 e. The van der Waals surface area contributed by atoms with Gasteiger partial charge in [-0.2, -0.15) is 0 Å². The highest BCUT2D eigenvalue weighted by Gasteiger charge is 2.22. The molecule has 26 heavy (non-hydrogen) atoms. The zero-order chi connectivity index (χ0) is 18.6. The van der Waals surface area contributed by atoms with Crippen molar-refractivity contribution in [1.82, 2.24) is 0 Å². The molecule has 1 aromatic rings. The van der Waals surface area contributed by atoms with Crippen molar-refractivity contribution in [3.05, 3.63) is 29.6 Å². The van der Waals surface area contributed by atoms with Gasteiger partial charge in [0.25, 0.3) is 0 Å². The van der Waals surface area contributed by atoms with E-state index in [1.165, 1.54) is 31.7 Å². The summed E-state index contributed by atoms with van der Waals surface area (Å²) in [4.78, 5) is 0. The van der Waals surface area contributed by atoms with Crippen LogP contribution in [0.5, 0.6) is 5.75 Å². The van der Waals surface area contributed by atoms with Crippen molar-refractivity contribution in [2.75, 3.05) is 19.8 Å². The van der Waals surface area contributed by atoms with Crippen LogP contribution in [-0.4, -0.2) is 26.1 Å². The summed E-state index contributed by atoms with van der Waals surface area (Å²) in [6.45, 7) is 6.55. The first kappa shape index (κ1) is 21.2. The lowest BCUT2D eigenvalue weighted by Crippen LogP contribution is -2.32. The molecule has 3 nitrogen and oxygen atoms in total. The molecule has 1 aromatic carbocycles. The summed E-state index contributed by atoms with van der Waals surface area (Å²) in [7, 11) is 0. The zero-order valence-corrected chi connectivity index (χ0v) is 16.5. The van der Waals surface area contributed by atoms with E-state index in [1.54, 1.807) is 0 Å². The number of halogens is 1. The minimum atomic E-state index is -0.207. The van der Waals surface area contributed by atoms with Crippen LogP contribution in [0.25, 0.3) is 0 Å². The first-order valence-corrected chi connectivity index (χ1v) is 10.4. The Hall–Kier alpha value is -1.13. The molecule has 0 saturated carbocycles. The predicted molar refractivity (Wildman–Crippen MR) is 103 cm³/mol. The molecule has 0 aliphatic carbocycles. The van der Waals surface area contributed by atoms with Gasteiger partial charge in [-0.15, -0.1) is 0 Å². The number of rotatable bonds is 12. The van der Waals surface area contributed by atoms with Crippen molar-refractivity contribution >= 4 is 0 Å². The number of aryl methyl sites for hydroxylation is 1. The van der Waals surface area contributed by atoms with Crippen molar-refractivity contribution in [1.29, 1.82) is 0 Å². The van der Waals surface area contributed by atoms with E-state index in [2.05, 4.69) is 13.8 Å². The Balaban J connectivity index is 1.68. The van der Waals surface area contributed by atoms with Gasteiger partial charge in [0.2, 0.25) is 0 Å². The average Bonchev–Trinajstić information content (AvgIpc) is 2.66. The summed E-state index contributed by atoms with van der Waals surface area (Å²) in [6, 6.07) is 5.17. The number of benzene rings is 1. The fourth-order valence-electron chi connectivity index (χ4n) is 3.24. The molecule has 0 unspecified atom stereocenters. The number of hydrogen-bond acceptors (Lipinski definition) is 3. The smallest absolute Gasteiger partial charge is 0.157 e. The Kier molecular flexibility index (Phi) is 10.0.